The molecule has 1 fully saturated rings. The van der Waals surface area contributed by atoms with Gasteiger partial charge in [0.1, 0.15) is 0 Å². The van der Waals surface area contributed by atoms with Gasteiger partial charge in [0.15, 0.2) is 0 Å². The van der Waals surface area contributed by atoms with E-state index in [1.54, 1.807) is 0 Å². The summed E-state index contributed by atoms with van der Waals surface area (Å²) in [6.07, 6.45) is 14.1. The molecule has 25 heavy (non-hydrogen) atoms. The smallest absolute Gasteiger partial charge is 0.0608 e. The Hall–Kier alpha value is -1.12. The van der Waals surface area contributed by atoms with Crippen molar-refractivity contribution >= 4 is 5.57 Å². The van der Waals surface area contributed by atoms with Gasteiger partial charge >= 0.3 is 0 Å². The first-order valence-electron chi connectivity index (χ1n) is 10.2. The molecule has 1 saturated carbocycles. The molecule has 1 aliphatic rings. The molecule has 0 radical (unpaired) electrons. The zero-order valence-corrected chi connectivity index (χ0v) is 16.1. The Morgan fingerprint density at radius 2 is 1.84 bits per heavy atom. The monoisotopic (exact) mass is 343 g/mol. The molecular weight excluding hydrogens is 306 g/mol. The van der Waals surface area contributed by atoms with Crippen molar-refractivity contribution in [3.63, 3.8) is 0 Å². The van der Waals surface area contributed by atoms with Crippen LogP contribution in [0.15, 0.2) is 30.8 Å². The SMILES string of the molecule is C=C(CCCCC1CCCCC1)c1ccc(CC[C@@](C)(N)CO)cc1. The molecule has 1 aromatic carbocycles. The molecule has 1 aromatic rings. The molecule has 0 amide bonds. The summed E-state index contributed by atoms with van der Waals surface area (Å²) >= 11 is 0. The van der Waals surface area contributed by atoms with Crippen LogP contribution in [0, 0.1) is 5.92 Å². The highest BCUT2D eigenvalue weighted by Gasteiger charge is 2.16. The lowest BCUT2D eigenvalue weighted by atomic mass is 9.85. The highest BCUT2D eigenvalue weighted by molar-refractivity contribution is 5.63. The lowest BCUT2D eigenvalue weighted by molar-refractivity contribution is 0.200. The van der Waals surface area contributed by atoms with Gasteiger partial charge in [0, 0.05) is 5.54 Å². The van der Waals surface area contributed by atoms with Gasteiger partial charge in [0.25, 0.3) is 0 Å². The van der Waals surface area contributed by atoms with Crippen molar-refractivity contribution in [2.24, 2.45) is 11.7 Å². The molecule has 0 saturated heterocycles. The van der Waals surface area contributed by atoms with Gasteiger partial charge in [-0.3, -0.25) is 0 Å². The number of nitrogens with two attached hydrogens (primary N) is 1. The highest BCUT2D eigenvalue weighted by atomic mass is 16.3. The largest absolute Gasteiger partial charge is 0.394 e. The van der Waals surface area contributed by atoms with Gasteiger partial charge < -0.3 is 10.8 Å². The van der Waals surface area contributed by atoms with Gasteiger partial charge in [-0.25, -0.2) is 0 Å². The van der Waals surface area contributed by atoms with Crippen molar-refractivity contribution in [2.45, 2.75) is 83.1 Å². The number of allylic oxidation sites excluding steroid dienone is 1. The number of aryl methyl sites for hydroxylation is 1. The minimum atomic E-state index is -0.486. The molecule has 1 atom stereocenters. The Bertz CT molecular complexity index is 511. The Labute approximate surface area is 154 Å². The topological polar surface area (TPSA) is 46.2 Å². The maximum atomic E-state index is 9.24. The van der Waals surface area contributed by atoms with Crippen molar-refractivity contribution in [3.8, 4) is 0 Å². The van der Waals surface area contributed by atoms with Crippen molar-refractivity contribution in [3.05, 3.63) is 42.0 Å². The average molecular weight is 344 g/mol. The van der Waals surface area contributed by atoms with E-state index in [9.17, 15) is 5.11 Å². The fourth-order valence-corrected chi connectivity index (χ4v) is 3.81. The van der Waals surface area contributed by atoms with Crippen LogP contribution in [0.25, 0.3) is 5.57 Å². The van der Waals surface area contributed by atoms with E-state index < -0.39 is 5.54 Å². The van der Waals surface area contributed by atoms with Crippen molar-refractivity contribution < 1.29 is 5.11 Å². The second-order valence-electron chi connectivity index (χ2n) is 8.36. The van der Waals surface area contributed by atoms with Gasteiger partial charge in [-0.05, 0) is 55.2 Å². The molecule has 0 aromatic heterocycles. The minimum Gasteiger partial charge on any atom is -0.394 e. The van der Waals surface area contributed by atoms with E-state index in [1.165, 1.54) is 68.1 Å². The normalized spacial score (nSPS) is 18.0. The molecule has 1 aliphatic carbocycles. The van der Waals surface area contributed by atoms with Crippen LogP contribution in [0.1, 0.15) is 82.3 Å². The number of hydrogen-bond donors (Lipinski definition) is 2. The summed E-state index contributed by atoms with van der Waals surface area (Å²) in [4.78, 5) is 0. The zero-order chi connectivity index (χ0) is 18.1. The molecular formula is C23H37NO. The van der Waals surface area contributed by atoms with Gasteiger partial charge in [0.2, 0.25) is 0 Å². The highest BCUT2D eigenvalue weighted by Crippen LogP contribution is 2.29. The molecule has 0 bridgehead atoms. The molecule has 140 valence electrons. The number of hydrogen-bond acceptors (Lipinski definition) is 2. The third kappa shape index (κ3) is 7.33. The summed E-state index contributed by atoms with van der Waals surface area (Å²) in [6, 6.07) is 8.73. The summed E-state index contributed by atoms with van der Waals surface area (Å²) in [5, 5.41) is 9.24. The lowest BCUT2D eigenvalue weighted by Crippen LogP contribution is -2.40. The number of aliphatic hydroxyl groups is 1. The Balaban J connectivity index is 1.68. The number of benzene rings is 1. The maximum Gasteiger partial charge on any atom is 0.0608 e. The number of unbranched alkanes of at least 4 members (excludes halogenated alkanes) is 1. The van der Waals surface area contributed by atoms with Gasteiger partial charge in [0.05, 0.1) is 6.61 Å². The van der Waals surface area contributed by atoms with Crippen LogP contribution in [0.3, 0.4) is 0 Å². The van der Waals surface area contributed by atoms with Gasteiger partial charge in [-0.2, -0.15) is 0 Å². The summed E-state index contributed by atoms with van der Waals surface area (Å²) in [5.74, 6) is 0.994. The first kappa shape index (κ1) is 20.2. The second kappa shape index (κ2) is 10.1. The summed E-state index contributed by atoms with van der Waals surface area (Å²) in [5.41, 5.74) is 9.31. The van der Waals surface area contributed by atoms with Crippen molar-refractivity contribution in [1.82, 2.24) is 0 Å². The molecule has 2 nitrogen and oxygen atoms in total. The fourth-order valence-electron chi connectivity index (χ4n) is 3.81. The molecule has 0 spiro atoms. The van der Waals surface area contributed by atoms with E-state index in [0.717, 1.165) is 25.2 Å². The predicted molar refractivity (Wildman–Crippen MR) is 109 cm³/mol. The van der Waals surface area contributed by atoms with Gasteiger partial charge in [-0.1, -0.05) is 75.8 Å². The molecule has 0 aliphatic heterocycles. The maximum absolute atomic E-state index is 9.24. The van der Waals surface area contributed by atoms with Crippen LogP contribution in [0.2, 0.25) is 0 Å². The summed E-state index contributed by atoms with van der Waals surface area (Å²) in [6.45, 7) is 6.21. The molecule has 2 heteroatoms. The Morgan fingerprint density at radius 3 is 2.48 bits per heavy atom. The quantitative estimate of drug-likeness (QED) is 0.552. The predicted octanol–water partition coefficient (Wildman–Crippen LogP) is 5.48. The zero-order valence-electron chi connectivity index (χ0n) is 16.1. The van der Waals surface area contributed by atoms with Crippen LogP contribution in [0.4, 0.5) is 0 Å². The van der Waals surface area contributed by atoms with E-state index >= 15 is 0 Å². The van der Waals surface area contributed by atoms with E-state index in [4.69, 9.17) is 5.73 Å². The van der Waals surface area contributed by atoms with E-state index in [0.29, 0.717) is 0 Å². The van der Waals surface area contributed by atoms with Crippen LogP contribution in [0.5, 0.6) is 0 Å². The Kier molecular flexibility index (Phi) is 8.18. The first-order chi connectivity index (χ1) is 12.0. The molecule has 2 rings (SSSR count). The first-order valence-corrected chi connectivity index (χ1v) is 10.2. The van der Waals surface area contributed by atoms with E-state index in [-0.39, 0.29) is 6.61 Å². The van der Waals surface area contributed by atoms with Crippen LogP contribution in [-0.4, -0.2) is 17.3 Å². The van der Waals surface area contributed by atoms with E-state index in [2.05, 4.69) is 30.8 Å². The third-order valence-electron chi connectivity index (χ3n) is 5.77. The second-order valence-corrected chi connectivity index (χ2v) is 8.36. The Morgan fingerprint density at radius 1 is 1.16 bits per heavy atom. The van der Waals surface area contributed by atoms with Crippen LogP contribution in [-0.2, 0) is 6.42 Å². The molecule has 3 N–H and O–H groups in total. The molecule has 0 heterocycles. The minimum absolute atomic E-state index is 0.0305. The summed E-state index contributed by atoms with van der Waals surface area (Å²) < 4.78 is 0. The van der Waals surface area contributed by atoms with Crippen molar-refractivity contribution in [2.75, 3.05) is 6.61 Å². The van der Waals surface area contributed by atoms with Crippen LogP contribution < -0.4 is 5.73 Å². The average Bonchev–Trinajstić information content (AvgIpc) is 2.65. The van der Waals surface area contributed by atoms with Crippen LogP contribution >= 0.6 is 0 Å². The fraction of sp³-hybridized carbons (Fsp3) is 0.652. The lowest BCUT2D eigenvalue weighted by Gasteiger charge is -2.21. The standard InChI is InChI=1S/C23H37NO/c1-19(8-6-7-11-20-9-4-3-5-10-20)22-14-12-21(13-15-22)16-17-23(2,24)18-25/h12-15,20,25H,1,3-11,16-18,24H2,2H3/t23-/m1/s1. The number of rotatable bonds is 10. The van der Waals surface area contributed by atoms with Gasteiger partial charge in [-0.15, -0.1) is 0 Å². The number of aliphatic hydroxyl groups excluding tert-OH is 1. The van der Waals surface area contributed by atoms with Crippen molar-refractivity contribution in [1.29, 1.82) is 0 Å². The third-order valence-corrected chi connectivity index (χ3v) is 5.77. The van der Waals surface area contributed by atoms with E-state index in [1.807, 2.05) is 6.92 Å². The summed E-state index contributed by atoms with van der Waals surface area (Å²) in [7, 11) is 0. The molecule has 0 unspecified atom stereocenters.